The summed E-state index contributed by atoms with van der Waals surface area (Å²) in [7, 11) is 0. The van der Waals surface area contributed by atoms with Crippen molar-refractivity contribution in [1.82, 2.24) is 0 Å². The molecule has 0 aliphatic carbocycles. The summed E-state index contributed by atoms with van der Waals surface area (Å²) in [4.78, 5) is 26.9. The van der Waals surface area contributed by atoms with Crippen LogP contribution >= 0.6 is 0 Å². The summed E-state index contributed by atoms with van der Waals surface area (Å²) in [6, 6.07) is 22.6. The van der Waals surface area contributed by atoms with Crippen LogP contribution in [0.5, 0.6) is 0 Å². The van der Waals surface area contributed by atoms with Gasteiger partial charge in [0.25, 0.3) is 5.91 Å². The van der Waals surface area contributed by atoms with E-state index in [0.29, 0.717) is 17.8 Å². The molecule has 0 heterocycles. The Balaban J connectivity index is 1.61. The molecule has 154 valence electrons. The molecule has 2 N–H and O–H groups in total. The predicted octanol–water partition coefficient (Wildman–Crippen LogP) is 5.02. The highest BCUT2D eigenvalue weighted by atomic mass is 16.2. The molecule has 0 bridgehead atoms. The molecule has 30 heavy (non-hydrogen) atoms. The van der Waals surface area contributed by atoms with Crippen LogP contribution in [0.2, 0.25) is 0 Å². The van der Waals surface area contributed by atoms with Gasteiger partial charge in [0.1, 0.15) is 0 Å². The van der Waals surface area contributed by atoms with Gasteiger partial charge in [0.2, 0.25) is 5.91 Å². The summed E-state index contributed by atoms with van der Waals surface area (Å²) in [5.41, 5.74) is 5.28. The standard InChI is InChI=1S/C25H27N3O2/c1-4-28(22-11-6-5-7-12-22)25(30)20-13-15-21(16-14-20)27-23(29)17-26-24-18(2)9-8-10-19(24)3/h5-16,26H,4,17H2,1-3H3,(H,27,29). The maximum Gasteiger partial charge on any atom is 0.258 e. The van der Waals surface area contributed by atoms with E-state index in [-0.39, 0.29) is 18.4 Å². The third-order valence-corrected chi connectivity index (χ3v) is 4.95. The van der Waals surface area contributed by atoms with E-state index in [1.807, 2.05) is 69.3 Å². The van der Waals surface area contributed by atoms with E-state index in [1.54, 1.807) is 29.2 Å². The maximum absolute atomic E-state index is 12.9. The van der Waals surface area contributed by atoms with Gasteiger partial charge in [-0.3, -0.25) is 9.59 Å². The largest absolute Gasteiger partial charge is 0.376 e. The summed E-state index contributed by atoms with van der Waals surface area (Å²) in [6.07, 6.45) is 0. The predicted molar refractivity (Wildman–Crippen MR) is 123 cm³/mol. The molecule has 0 aliphatic heterocycles. The molecule has 0 aromatic heterocycles. The number of rotatable bonds is 7. The Hall–Kier alpha value is -3.60. The van der Waals surface area contributed by atoms with Gasteiger partial charge in [-0.05, 0) is 68.3 Å². The Morgan fingerprint density at radius 3 is 2.07 bits per heavy atom. The zero-order chi connectivity index (χ0) is 21.5. The SMILES string of the molecule is CCN(C(=O)c1ccc(NC(=O)CNc2c(C)cccc2C)cc1)c1ccccc1. The molecule has 0 radical (unpaired) electrons. The van der Waals surface area contributed by atoms with E-state index in [2.05, 4.69) is 10.6 Å². The molecule has 5 nitrogen and oxygen atoms in total. The molecular formula is C25H27N3O2. The number of amides is 2. The van der Waals surface area contributed by atoms with Gasteiger partial charge in [-0.2, -0.15) is 0 Å². The topological polar surface area (TPSA) is 61.4 Å². The molecule has 0 atom stereocenters. The number of anilines is 3. The van der Waals surface area contributed by atoms with Crippen molar-refractivity contribution in [2.75, 3.05) is 28.6 Å². The number of nitrogens with one attached hydrogen (secondary N) is 2. The van der Waals surface area contributed by atoms with Gasteiger partial charge < -0.3 is 15.5 Å². The van der Waals surface area contributed by atoms with E-state index in [4.69, 9.17) is 0 Å². The van der Waals surface area contributed by atoms with Gasteiger partial charge in [-0.15, -0.1) is 0 Å². The van der Waals surface area contributed by atoms with Crippen molar-refractivity contribution in [1.29, 1.82) is 0 Å². The van der Waals surface area contributed by atoms with Gasteiger partial charge in [0.15, 0.2) is 0 Å². The van der Waals surface area contributed by atoms with Crippen molar-refractivity contribution in [2.24, 2.45) is 0 Å². The Kier molecular flexibility index (Phi) is 6.86. The van der Waals surface area contributed by atoms with Gasteiger partial charge in [-0.25, -0.2) is 0 Å². The molecule has 3 aromatic carbocycles. The van der Waals surface area contributed by atoms with Crippen molar-refractivity contribution >= 4 is 28.9 Å². The quantitative estimate of drug-likeness (QED) is 0.584. The summed E-state index contributed by atoms with van der Waals surface area (Å²) in [6.45, 7) is 6.72. The third kappa shape index (κ3) is 5.06. The van der Waals surface area contributed by atoms with Crippen molar-refractivity contribution < 1.29 is 9.59 Å². The van der Waals surface area contributed by atoms with Gasteiger partial charge in [0.05, 0.1) is 6.54 Å². The number of hydrogen-bond acceptors (Lipinski definition) is 3. The summed E-state index contributed by atoms with van der Waals surface area (Å²) >= 11 is 0. The zero-order valence-corrected chi connectivity index (χ0v) is 17.6. The molecule has 0 spiro atoms. The van der Waals surface area contributed by atoms with Crippen molar-refractivity contribution in [2.45, 2.75) is 20.8 Å². The highest BCUT2D eigenvalue weighted by Gasteiger charge is 2.16. The molecule has 0 saturated carbocycles. The minimum Gasteiger partial charge on any atom is -0.376 e. The van der Waals surface area contributed by atoms with Gasteiger partial charge >= 0.3 is 0 Å². The van der Waals surface area contributed by atoms with Crippen LogP contribution in [0.1, 0.15) is 28.4 Å². The average Bonchev–Trinajstić information content (AvgIpc) is 2.75. The number of aryl methyl sites for hydroxylation is 2. The summed E-state index contributed by atoms with van der Waals surface area (Å²) in [5.74, 6) is -0.213. The minimum atomic E-state index is -0.142. The molecule has 0 fully saturated rings. The lowest BCUT2D eigenvalue weighted by atomic mass is 10.1. The highest BCUT2D eigenvalue weighted by Crippen LogP contribution is 2.20. The van der Waals surface area contributed by atoms with E-state index >= 15 is 0 Å². The van der Waals surface area contributed by atoms with Crippen LogP contribution in [0, 0.1) is 13.8 Å². The minimum absolute atomic E-state index is 0.0710. The maximum atomic E-state index is 12.9. The van der Waals surface area contributed by atoms with Gasteiger partial charge in [0, 0.05) is 29.2 Å². The lowest BCUT2D eigenvalue weighted by Crippen LogP contribution is -2.30. The van der Waals surface area contributed by atoms with Crippen molar-refractivity contribution in [3.8, 4) is 0 Å². The number of carbonyl (C=O) groups is 2. The first-order valence-electron chi connectivity index (χ1n) is 10.1. The van der Waals surface area contributed by atoms with Crippen LogP contribution < -0.4 is 15.5 Å². The number of hydrogen-bond donors (Lipinski definition) is 2. The fourth-order valence-corrected chi connectivity index (χ4v) is 3.37. The second kappa shape index (κ2) is 9.74. The molecule has 0 aliphatic rings. The van der Waals surface area contributed by atoms with Crippen LogP contribution in [0.4, 0.5) is 17.1 Å². The first-order chi connectivity index (χ1) is 14.5. The third-order valence-electron chi connectivity index (χ3n) is 4.95. The molecular weight excluding hydrogens is 374 g/mol. The van der Waals surface area contributed by atoms with E-state index < -0.39 is 0 Å². The van der Waals surface area contributed by atoms with Crippen LogP contribution in [-0.2, 0) is 4.79 Å². The zero-order valence-electron chi connectivity index (χ0n) is 17.6. The fraction of sp³-hybridized carbons (Fsp3) is 0.200. The van der Waals surface area contributed by atoms with Gasteiger partial charge in [-0.1, -0.05) is 36.4 Å². The monoisotopic (exact) mass is 401 g/mol. The van der Waals surface area contributed by atoms with Crippen molar-refractivity contribution in [3.05, 3.63) is 89.5 Å². The number of benzene rings is 3. The first kappa shape index (κ1) is 21.1. The molecule has 3 aromatic rings. The molecule has 0 saturated heterocycles. The van der Waals surface area contributed by atoms with E-state index in [9.17, 15) is 9.59 Å². The number of nitrogens with zero attached hydrogens (tertiary/aromatic N) is 1. The van der Waals surface area contributed by atoms with Crippen LogP contribution in [-0.4, -0.2) is 24.9 Å². The van der Waals surface area contributed by atoms with E-state index in [0.717, 1.165) is 22.5 Å². The van der Waals surface area contributed by atoms with Crippen LogP contribution in [0.15, 0.2) is 72.8 Å². The Morgan fingerprint density at radius 1 is 0.833 bits per heavy atom. The normalized spacial score (nSPS) is 10.4. The smallest absolute Gasteiger partial charge is 0.258 e. The second-order valence-electron chi connectivity index (χ2n) is 7.13. The Bertz CT molecular complexity index is 994. The van der Waals surface area contributed by atoms with Crippen LogP contribution in [0.3, 0.4) is 0 Å². The highest BCUT2D eigenvalue weighted by molar-refractivity contribution is 6.06. The lowest BCUT2D eigenvalue weighted by molar-refractivity contribution is -0.114. The first-order valence-corrected chi connectivity index (χ1v) is 10.1. The van der Waals surface area contributed by atoms with Crippen LogP contribution in [0.25, 0.3) is 0 Å². The molecule has 3 rings (SSSR count). The second-order valence-corrected chi connectivity index (χ2v) is 7.13. The average molecular weight is 402 g/mol. The molecule has 5 heteroatoms. The molecule has 2 amide bonds. The molecule has 0 unspecified atom stereocenters. The Morgan fingerprint density at radius 2 is 1.47 bits per heavy atom. The Labute approximate surface area is 177 Å². The lowest BCUT2D eigenvalue weighted by Gasteiger charge is -2.21. The number of carbonyl (C=O) groups excluding carboxylic acids is 2. The fourth-order valence-electron chi connectivity index (χ4n) is 3.37. The van der Waals surface area contributed by atoms with E-state index in [1.165, 1.54) is 0 Å². The summed E-state index contributed by atoms with van der Waals surface area (Å²) < 4.78 is 0. The van der Waals surface area contributed by atoms with Crippen molar-refractivity contribution in [3.63, 3.8) is 0 Å². The summed E-state index contributed by atoms with van der Waals surface area (Å²) in [5, 5.41) is 6.06. The number of para-hydroxylation sites is 2.